The summed E-state index contributed by atoms with van der Waals surface area (Å²) in [7, 11) is -3.56. The van der Waals surface area contributed by atoms with Crippen LogP contribution >= 0.6 is 24.0 Å². The van der Waals surface area contributed by atoms with Crippen LogP contribution in [0.1, 0.15) is 0 Å². The smallest absolute Gasteiger partial charge is 0.243 e. The van der Waals surface area contributed by atoms with Crippen LogP contribution in [0, 0.1) is 5.82 Å². The second-order valence-corrected chi connectivity index (χ2v) is 6.08. The number of hydrogen-bond acceptors (Lipinski definition) is 3. The van der Waals surface area contributed by atoms with Gasteiger partial charge in [0.15, 0.2) is 0 Å². The Bertz CT molecular complexity index is 519. The van der Waals surface area contributed by atoms with Crippen LogP contribution < -0.4 is 5.32 Å². The normalized spacial score (nSPS) is 17.2. The summed E-state index contributed by atoms with van der Waals surface area (Å²) in [6, 6.07) is 3.45. The molecule has 0 aliphatic carbocycles. The predicted octanol–water partition coefficient (Wildman–Crippen LogP) is 1.49. The van der Waals surface area contributed by atoms with Crippen molar-refractivity contribution in [2.45, 2.75) is 4.90 Å². The second-order valence-electron chi connectivity index (χ2n) is 3.73. The lowest BCUT2D eigenvalue weighted by Crippen LogP contribution is -2.46. The van der Waals surface area contributed by atoms with Gasteiger partial charge in [0, 0.05) is 26.2 Å². The van der Waals surface area contributed by atoms with Gasteiger partial charge in [0.2, 0.25) is 10.0 Å². The lowest BCUT2D eigenvalue weighted by molar-refractivity contribution is 0.360. The molecule has 1 aromatic carbocycles. The summed E-state index contributed by atoms with van der Waals surface area (Å²) in [5.41, 5.74) is 0. The van der Waals surface area contributed by atoms with Crippen molar-refractivity contribution in [1.29, 1.82) is 0 Å². The molecule has 1 aliphatic heterocycles. The molecule has 1 aromatic rings. The Labute approximate surface area is 117 Å². The summed E-state index contributed by atoms with van der Waals surface area (Å²) in [4.78, 5) is 0.0331. The molecule has 0 saturated carbocycles. The van der Waals surface area contributed by atoms with Crippen molar-refractivity contribution in [3.63, 3.8) is 0 Å². The van der Waals surface area contributed by atoms with Gasteiger partial charge in [-0.1, -0.05) is 11.6 Å². The number of nitrogens with one attached hydrogen (secondary N) is 1. The van der Waals surface area contributed by atoms with Crippen LogP contribution in [0.3, 0.4) is 0 Å². The highest BCUT2D eigenvalue weighted by atomic mass is 35.5. The van der Waals surface area contributed by atoms with E-state index < -0.39 is 15.8 Å². The summed E-state index contributed by atoms with van der Waals surface area (Å²) in [5, 5.41) is 2.89. The van der Waals surface area contributed by atoms with Crippen LogP contribution in [0.2, 0.25) is 5.02 Å². The van der Waals surface area contributed by atoms with E-state index >= 15 is 0 Å². The van der Waals surface area contributed by atoms with Gasteiger partial charge in [0.1, 0.15) is 5.82 Å². The van der Waals surface area contributed by atoms with Crippen LogP contribution in [-0.4, -0.2) is 38.9 Å². The summed E-state index contributed by atoms with van der Waals surface area (Å²) in [6.07, 6.45) is 0. The molecule has 2 rings (SSSR count). The van der Waals surface area contributed by atoms with Crippen LogP contribution in [0.5, 0.6) is 0 Å². The molecule has 18 heavy (non-hydrogen) atoms. The molecule has 0 atom stereocenters. The third-order valence-corrected chi connectivity index (χ3v) is 4.79. The minimum absolute atomic E-state index is 0. The fourth-order valence-corrected chi connectivity index (χ4v) is 3.38. The van der Waals surface area contributed by atoms with Gasteiger partial charge in [-0.15, -0.1) is 12.4 Å². The SMILES string of the molecule is Cl.O=S(=O)(c1ccc(F)c(Cl)c1)N1CCNCC1. The minimum atomic E-state index is -3.56. The number of halogens is 3. The van der Waals surface area contributed by atoms with E-state index in [1.807, 2.05) is 0 Å². The van der Waals surface area contributed by atoms with E-state index in [-0.39, 0.29) is 22.3 Å². The van der Waals surface area contributed by atoms with Crippen molar-refractivity contribution in [1.82, 2.24) is 9.62 Å². The Hall–Kier alpha value is -0.400. The zero-order valence-corrected chi connectivity index (χ0v) is 11.8. The molecule has 0 unspecified atom stereocenters. The molecular weight excluding hydrogens is 302 g/mol. The highest BCUT2D eigenvalue weighted by Crippen LogP contribution is 2.22. The van der Waals surface area contributed by atoms with Crippen molar-refractivity contribution >= 4 is 34.0 Å². The summed E-state index contributed by atoms with van der Waals surface area (Å²) >= 11 is 5.59. The zero-order valence-electron chi connectivity index (χ0n) is 9.40. The van der Waals surface area contributed by atoms with Crippen molar-refractivity contribution < 1.29 is 12.8 Å². The van der Waals surface area contributed by atoms with E-state index in [0.717, 1.165) is 12.1 Å². The average molecular weight is 315 g/mol. The van der Waals surface area contributed by atoms with E-state index in [0.29, 0.717) is 26.2 Å². The zero-order chi connectivity index (χ0) is 12.5. The number of piperazine rings is 1. The quantitative estimate of drug-likeness (QED) is 0.900. The van der Waals surface area contributed by atoms with Gasteiger partial charge in [-0.2, -0.15) is 4.31 Å². The first-order valence-electron chi connectivity index (χ1n) is 5.18. The monoisotopic (exact) mass is 314 g/mol. The molecule has 0 aromatic heterocycles. The molecule has 102 valence electrons. The second kappa shape index (κ2) is 6.16. The number of benzene rings is 1. The fourth-order valence-electron chi connectivity index (χ4n) is 1.67. The van der Waals surface area contributed by atoms with E-state index in [4.69, 9.17) is 11.6 Å². The van der Waals surface area contributed by atoms with Gasteiger partial charge in [-0.3, -0.25) is 0 Å². The Balaban J connectivity index is 0.00000162. The third-order valence-electron chi connectivity index (χ3n) is 2.60. The number of hydrogen-bond donors (Lipinski definition) is 1. The molecule has 1 aliphatic rings. The molecule has 1 saturated heterocycles. The average Bonchev–Trinajstić information content (AvgIpc) is 2.33. The molecule has 0 radical (unpaired) electrons. The Morgan fingerprint density at radius 3 is 2.44 bits per heavy atom. The van der Waals surface area contributed by atoms with E-state index in [1.54, 1.807) is 0 Å². The number of nitrogens with zero attached hydrogens (tertiary/aromatic N) is 1. The van der Waals surface area contributed by atoms with Crippen molar-refractivity contribution in [2.24, 2.45) is 0 Å². The molecule has 4 nitrogen and oxygen atoms in total. The molecular formula is C10H13Cl2FN2O2S. The fraction of sp³-hybridized carbons (Fsp3) is 0.400. The molecule has 1 fully saturated rings. The van der Waals surface area contributed by atoms with Gasteiger partial charge < -0.3 is 5.32 Å². The molecule has 0 bridgehead atoms. The van der Waals surface area contributed by atoms with Crippen molar-refractivity contribution in [3.05, 3.63) is 29.0 Å². The summed E-state index contributed by atoms with van der Waals surface area (Å²) in [5.74, 6) is -0.620. The van der Waals surface area contributed by atoms with Gasteiger partial charge >= 0.3 is 0 Å². The Morgan fingerprint density at radius 1 is 1.28 bits per heavy atom. The van der Waals surface area contributed by atoms with Crippen LogP contribution in [0.15, 0.2) is 23.1 Å². The predicted molar refractivity (Wildman–Crippen MR) is 70.3 cm³/mol. The Kier molecular flexibility index (Phi) is 5.36. The first kappa shape index (κ1) is 15.7. The highest BCUT2D eigenvalue weighted by molar-refractivity contribution is 7.89. The van der Waals surface area contributed by atoms with Crippen LogP contribution in [0.4, 0.5) is 4.39 Å². The van der Waals surface area contributed by atoms with Crippen molar-refractivity contribution in [2.75, 3.05) is 26.2 Å². The number of rotatable bonds is 2. The van der Waals surface area contributed by atoms with E-state index in [1.165, 1.54) is 10.4 Å². The molecule has 0 spiro atoms. The maximum atomic E-state index is 13.0. The maximum Gasteiger partial charge on any atom is 0.243 e. The van der Waals surface area contributed by atoms with Gasteiger partial charge in [0.25, 0.3) is 0 Å². The first-order valence-corrected chi connectivity index (χ1v) is 6.99. The third kappa shape index (κ3) is 3.13. The highest BCUT2D eigenvalue weighted by Gasteiger charge is 2.26. The van der Waals surface area contributed by atoms with Crippen LogP contribution in [-0.2, 0) is 10.0 Å². The lowest BCUT2D eigenvalue weighted by Gasteiger charge is -2.26. The summed E-state index contributed by atoms with van der Waals surface area (Å²) in [6.45, 7) is 2.07. The molecule has 1 N–H and O–H groups in total. The topological polar surface area (TPSA) is 49.4 Å². The van der Waals surface area contributed by atoms with Crippen molar-refractivity contribution in [3.8, 4) is 0 Å². The largest absolute Gasteiger partial charge is 0.314 e. The standard InChI is InChI=1S/C10H12ClFN2O2S.ClH/c11-9-7-8(1-2-10(9)12)17(15,16)14-5-3-13-4-6-14;/h1-2,7,13H,3-6H2;1H. The van der Waals surface area contributed by atoms with Gasteiger partial charge in [-0.05, 0) is 18.2 Å². The molecule has 8 heteroatoms. The number of sulfonamides is 1. The lowest BCUT2D eigenvalue weighted by atomic mass is 10.3. The van der Waals surface area contributed by atoms with E-state index in [9.17, 15) is 12.8 Å². The maximum absolute atomic E-state index is 13.0. The van der Waals surface area contributed by atoms with Crippen LogP contribution in [0.25, 0.3) is 0 Å². The first-order chi connectivity index (χ1) is 8.01. The van der Waals surface area contributed by atoms with E-state index in [2.05, 4.69) is 5.32 Å². The minimum Gasteiger partial charge on any atom is -0.314 e. The van der Waals surface area contributed by atoms with Gasteiger partial charge in [0.05, 0.1) is 9.92 Å². The molecule has 0 amide bonds. The Morgan fingerprint density at radius 2 is 1.89 bits per heavy atom. The summed E-state index contributed by atoms with van der Waals surface area (Å²) < 4.78 is 38.7. The molecule has 1 heterocycles. The van der Waals surface area contributed by atoms with Gasteiger partial charge in [-0.25, -0.2) is 12.8 Å².